The fraction of sp³-hybridized carbons (Fsp3) is 0.267. The molecule has 4 aromatic rings. The second-order valence-electron chi connectivity index (χ2n) is 9.34. The number of thioether (sulfide) groups is 1. The van der Waals surface area contributed by atoms with Crippen LogP contribution in [0.25, 0.3) is 10.9 Å². The zero-order valence-electron chi connectivity index (χ0n) is 23.2. The number of ether oxygens (including phenoxy) is 4. The summed E-state index contributed by atoms with van der Waals surface area (Å²) < 4.78 is 22.9. The van der Waals surface area contributed by atoms with Gasteiger partial charge in [0.25, 0.3) is 5.56 Å². The number of aromatic nitrogens is 2. The van der Waals surface area contributed by atoms with Crippen molar-refractivity contribution in [2.24, 2.45) is 0 Å². The fourth-order valence-electron chi connectivity index (χ4n) is 4.39. The van der Waals surface area contributed by atoms with Crippen LogP contribution >= 0.6 is 11.8 Å². The molecule has 0 radical (unpaired) electrons. The van der Waals surface area contributed by atoms with Crippen LogP contribution in [-0.4, -0.2) is 48.1 Å². The highest BCUT2D eigenvalue weighted by Gasteiger charge is 2.20. The number of hydrogen-bond acceptors (Lipinski definition) is 9. The van der Waals surface area contributed by atoms with Gasteiger partial charge in [-0.15, -0.1) is 0 Å². The Morgan fingerprint density at radius 3 is 2.52 bits per heavy atom. The molecule has 11 nitrogen and oxygen atoms in total. The fourth-order valence-corrected chi connectivity index (χ4v) is 5.22. The third kappa shape index (κ3) is 6.77. The van der Waals surface area contributed by atoms with Gasteiger partial charge in [-0.1, -0.05) is 36.0 Å². The number of para-hydroxylation sites is 2. The molecule has 218 valence electrons. The normalized spacial score (nSPS) is 11.8. The number of fused-ring (bicyclic) bond motifs is 2. The Kier molecular flexibility index (Phi) is 9.12. The summed E-state index contributed by atoms with van der Waals surface area (Å²) in [5, 5.41) is 6.46. The van der Waals surface area contributed by atoms with Crippen molar-refractivity contribution in [3.05, 3.63) is 76.6 Å². The van der Waals surface area contributed by atoms with Crippen LogP contribution in [0.5, 0.6) is 23.0 Å². The molecule has 1 aliphatic heterocycles. The third-order valence-electron chi connectivity index (χ3n) is 6.56. The van der Waals surface area contributed by atoms with E-state index < -0.39 is 0 Å². The monoisotopic (exact) mass is 590 g/mol. The minimum atomic E-state index is -0.287. The van der Waals surface area contributed by atoms with Gasteiger partial charge in [0.15, 0.2) is 16.7 Å². The molecule has 0 spiro atoms. The summed E-state index contributed by atoms with van der Waals surface area (Å²) >= 11 is 1.14. The van der Waals surface area contributed by atoms with E-state index in [9.17, 15) is 14.4 Å². The average Bonchev–Trinajstić information content (AvgIpc) is 3.47. The van der Waals surface area contributed by atoms with Crippen LogP contribution in [0.3, 0.4) is 0 Å². The van der Waals surface area contributed by atoms with Gasteiger partial charge in [0.05, 0.1) is 36.6 Å². The Bertz CT molecular complexity index is 1660. The van der Waals surface area contributed by atoms with E-state index in [1.54, 1.807) is 37.4 Å². The zero-order valence-corrected chi connectivity index (χ0v) is 24.0. The molecule has 1 aliphatic rings. The molecule has 0 saturated heterocycles. The molecule has 0 atom stereocenters. The summed E-state index contributed by atoms with van der Waals surface area (Å²) in [5.41, 5.74) is 1.64. The van der Waals surface area contributed by atoms with Crippen LogP contribution in [0.1, 0.15) is 18.4 Å². The topological polar surface area (TPSA) is 130 Å². The highest BCUT2D eigenvalue weighted by atomic mass is 32.2. The Hall–Kier alpha value is -4.71. The van der Waals surface area contributed by atoms with E-state index in [4.69, 9.17) is 18.9 Å². The van der Waals surface area contributed by atoms with E-state index >= 15 is 0 Å². The smallest absolute Gasteiger partial charge is 0.262 e. The SMILES string of the molecule is COc1ccc(CNC(=O)CCCn2c(SCC(=O)Nc3ccccc3OC)nc3cc4c(cc3c2=O)OCO4)cc1. The second-order valence-corrected chi connectivity index (χ2v) is 10.3. The molecular formula is C30H30N4O7S. The van der Waals surface area contributed by atoms with E-state index in [-0.39, 0.29) is 42.9 Å². The highest BCUT2D eigenvalue weighted by Crippen LogP contribution is 2.35. The van der Waals surface area contributed by atoms with Crippen LogP contribution in [0.15, 0.2) is 70.6 Å². The number of nitrogens with zero attached hydrogens (tertiary/aromatic N) is 2. The van der Waals surface area contributed by atoms with Crippen LogP contribution < -0.4 is 35.1 Å². The first-order chi connectivity index (χ1) is 20.4. The summed E-state index contributed by atoms with van der Waals surface area (Å²) in [4.78, 5) is 43.6. The van der Waals surface area contributed by atoms with Crippen LogP contribution in [0.2, 0.25) is 0 Å². The number of anilines is 1. The maximum absolute atomic E-state index is 13.6. The molecular weight excluding hydrogens is 560 g/mol. The van der Waals surface area contributed by atoms with Gasteiger partial charge >= 0.3 is 0 Å². The Morgan fingerprint density at radius 2 is 1.76 bits per heavy atom. The van der Waals surface area contributed by atoms with Crippen molar-refractivity contribution in [1.82, 2.24) is 14.9 Å². The lowest BCUT2D eigenvalue weighted by Crippen LogP contribution is -2.26. The average molecular weight is 591 g/mol. The zero-order chi connectivity index (χ0) is 29.5. The van der Waals surface area contributed by atoms with E-state index in [0.717, 1.165) is 23.1 Å². The van der Waals surface area contributed by atoms with Gasteiger partial charge in [-0.3, -0.25) is 19.0 Å². The van der Waals surface area contributed by atoms with Crippen molar-refractivity contribution >= 4 is 40.2 Å². The van der Waals surface area contributed by atoms with Crippen molar-refractivity contribution < 1.29 is 28.5 Å². The van der Waals surface area contributed by atoms with Crippen molar-refractivity contribution in [3.8, 4) is 23.0 Å². The lowest BCUT2D eigenvalue weighted by molar-refractivity contribution is -0.121. The molecule has 1 aromatic heterocycles. The first-order valence-electron chi connectivity index (χ1n) is 13.2. The van der Waals surface area contributed by atoms with E-state index in [1.165, 1.54) is 11.7 Å². The van der Waals surface area contributed by atoms with Gasteiger partial charge in [-0.05, 0) is 42.3 Å². The van der Waals surface area contributed by atoms with Gasteiger partial charge in [-0.2, -0.15) is 0 Å². The van der Waals surface area contributed by atoms with Crippen molar-refractivity contribution in [2.75, 3.05) is 32.1 Å². The largest absolute Gasteiger partial charge is 0.497 e. The molecule has 0 unspecified atom stereocenters. The Labute approximate surface area is 246 Å². The molecule has 2 N–H and O–H groups in total. The molecule has 2 amide bonds. The minimum Gasteiger partial charge on any atom is -0.497 e. The molecule has 0 aliphatic carbocycles. The molecule has 5 rings (SSSR count). The quantitative estimate of drug-likeness (QED) is 0.186. The predicted molar refractivity (Wildman–Crippen MR) is 159 cm³/mol. The number of carbonyl (C=O) groups excluding carboxylic acids is 2. The van der Waals surface area contributed by atoms with Crippen molar-refractivity contribution in [1.29, 1.82) is 0 Å². The molecule has 0 bridgehead atoms. The summed E-state index contributed by atoms with van der Waals surface area (Å²) in [6.45, 7) is 0.689. The van der Waals surface area contributed by atoms with Gasteiger partial charge in [0, 0.05) is 25.6 Å². The third-order valence-corrected chi connectivity index (χ3v) is 7.54. The maximum atomic E-state index is 13.6. The van der Waals surface area contributed by atoms with E-state index in [2.05, 4.69) is 15.6 Å². The lowest BCUT2D eigenvalue weighted by atomic mass is 10.2. The van der Waals surface area contributed by atoms with Crippen LogP contribution in [-0.2, 0) is 22.7 Å². The Balaban J connectivity index is 1.28. The number of carbonyl (C=O) groups is 2. The van der Waals surface area contributed by atoms with Gasteiger partial charge in [0.1, 0.15) is 11.5 Å². The molecule has 42 heavy (non-hydrogen) atoms. The standard InChI is InChI=1S/C30H30N4O7S/c1-38-20-11-9-19(10-12-20)16-31-27(35)8-5-13-34-29(37)21-14-25-26(41-18-40-25)15-23(21)33-30(34)42-17-28(36)32-22-6-3-4-7-24(22)39-2/h3-4,6-7,9-12,14-15H,5,8,13,16-18H2,1-2H3,(H,31,35)(H,32,36). The van der Waals surface area contributed by atoms with Gasteiger partial charge in [0.2, 0.25) is 18.6 Å². The highest BCUT2D eigenvalue weighted by molar-refractivity contribution is 7.99. The minimum absolute atomic E-state index is 0.00287. The molecule has 0 fully saturated rings. The second kappa shape index (κ2) is 13.3. The number of hydrogen-bond donors (Lipinski definition) is 2. The summed E-state index contributed by atoms with van der Waals surface area (Å²) in [6, 6.07) is 17.8. The predicted octanol–water partition coefficient (Wildman–Crippen LogP) is 3.97. The molecule has 0 saturated carbocycles. The lowest BCUT2D eigenvalue weighted by Gasteiger charge is -2.14. The first-order valence-corrected chi connectivity index (χ1v) is 14.2. The summed E-state index contributed by atoms with van der Waals surface area (Å²) in [6.07, 6.45) is 0.604. The van der Waals surface area contributed by atoms with Crippen molar-refractivity contribution in [3.63, 3.8) is 0 Å². The molecule has 2 heterocycles. The Morgan fingerprint density at radius 1 is 1.00 bits per heavy atom. The number of benzene rings is 3. The van der Waals surface area contributed by atoms with Crippen LogP contribution in [0.4, 0.5) is 5.69 Å². The summed E-state index contributed by atoms with van der Waals surface area (Å²) in [7, 11) is 3.13. The number of amides is 2. The molecule has 3 aromatic carbocycles. The maximum Gasteiger partial charge on any atom is 0.262 e. The van der Waals surface area contributed by atoms with Gasteiger partial charge < -0.3 is 29.6 Å². The number of nitrogens with one attached hydrogen (secondary N) is 2. The molecule has 12 heteroatoms. The van der Waals surface area contributed by atoms with Crippen LogP contribution in [0, 0.1) is 0 Å². The van der Waals surface area contributed by atoms with E-state index in [1.807, 2.05) is 30.3 Å². The number of methoxy groups -OCH3 is 2. The first kappa shape index (κ1) is 28.8. The van der Waals surface area contributed by atoms with Crippen molar-refractivity contribution in [2.45, 2.75) is 31.1 Å². The van der Waals surface area contributed by atoms with Gasteiger partial charge in [-0.25, -0.2) is 4.98 Å². The van der Waals surface area contributed by atoms with E-state index in [0.29, 0.717) is 52.0 Å². The summed E-state index contributed by atoms with van der Waals surface area (Å²) in [5.74, 6) is 1.85. The number of rotatable bonds is 12.